The molecule has 92 valence electrons. The summed E-state index contributed by atoms with van der Waals surface area (Å²) in [6, 6.07) is 8.18. The molecule has 1 aromatic carbocycles. The molecule has 1 heterocycles. The number of aromatic nitrogens is 2. The smallest absolute Gasteiger partial charge is 0.286 e. The molecule has 0 radical (unpaired) electrons. The molecule has 0 saturated heterocycles. The van der Waals surface area contributed by atoms with E-state index in [0.29, 0.717) is 5.69 Å². The van der Waals surface area contributed by atoms with Crippen LogP contribution in [0.2, 0.25) is 4.47 Å². The fourth-order valence-corrected chi connectivity index (χ4v) is 2.02. The highest BCUT2D eigenvalue weighted by atomic mass is 35.5. The van der Waals surface area contributed by atoms with E-state index in [4.69, 9.17) is 22.1 Å². The van der Waals surface area contributed by atoms with Gasteiger partial charge in [0.15, 0.2) is 0 Å². The average Bonchev–Trinajstić information content (AvgIpc) is 2.85. The van der Waals surface area contributed by atoms with E-state index >= 15 is 0 Å². The lowest BCUT2D eigenvalue weighted by molar-refractivity contribution is 0.102. The summed E-state index contributed by atoms with van der Waals surface area (Å²) in [5.41, 5.74) is 0.835. The summed E-state index contributed by atoms with van der Waals surface area (Å²) < 4.78 is 0.169. The molecule has 0 aliphatic rings. The Hall–Kier alpha value is -2.48. The first kappa shape index (κ1) is 13.0. The van der Waals surface area contributed by atoms with Crippen molar-refractivity contribution in [2.75, 3.05) is 5.32 Å². The number of carbonyl (C=O) groups excluding carboxylic acids is 1. The summed E-state index contributed by atoms with van der Waals surface area (Å²) in [5.74, 6) is -0.474. The Morgan fingerprint density at radius 3 is 2.58 bits per heavy atom. The van der Waals surface area contributed by atoms with Crippen LogP contribution in [-0.4, -0.2) is 16.1 Å². The molecule has 2 rings (SSSR count). The minimum absolute atomic E-state index is 0.118. The van der Waals surface area contributed by atoms with Crippen LogP contribution in [0.3, 0.4) is 0 Å². The van der Waals surface area contributed by atoms with Crippen LogP contribution < -0.4 is 5.32 Å². The highest BCUT2D eigenvalue weighted by Crippen LogP contribution is 2.18. The van der Waals surface area contributed by atoms with Crippen LogP contribution in [0.4, 0.5) is 5.69 Å². The molecule has 19 heavy (non-hydrogen) atoms. The van der Waals surface area contributed by atoms with Crippen LogP contribution in [0.5, 0.6) is 0 Å². The monoisotopic (exact) mass is 289 g/mol. The van der Waals surface area contributed by atoms with E-state index in [1.807, 2.05) is 12.1 Å². The summed E-state index contributed by atoms with van der Waals surface area (Å²) in [6.07, 6.45) is 0. The molecule has 8 heteroatoms. The summed E-state index contributed by atoms with van der Waals surface area (Å²) in [5, 5.41) is 27.4. The Labute approximate surface area is 116 Å². The Kier molecular flexibility index (Phi) is 3.71. The lowest BCUT2D eigenvalue weighted by Gasteiger charge is -2.03. The minimum atomic E-state index is -0.474. The zero-order valence-electron chi connectivity index (χ0n) is 9.22. The number of anilines is 1. The molecule has 0 bridgehead atoms. The maximum absolute atomic E-state index is 11.8. The first-order chi connectivity index (χ1) is 9.13. The van der Waals surface area contributed by atoms with Crippen LogP contribution in [0.25, 0.3) is 0 Å². The van der Waals surface area contributed by atoms with Crippen LogP contribution in [-0.2, 0) is 0 Å². The van der Waals surface area contributed by atoms with Crippen LogP contribution in [0.1, 0.15) is 20.9 Å². The van der Waals surface area contributed by atoms with E-state index in [1.165, 1.54) is 18.2 Å². The van der Waals surface area contributed by atoms with Gasteiger partial charge in [-0.15, -0.1) is 10.2 Å². The number of amides is 1. The molecule has 1 amide bonds. The van der Waals surface area contributed by atoms with Crippen molar-refractivity contribution in [2.45, 2.75) is 0 Å². The first-order valence-corrected chi connectivity index (χ1v) is 6.08. The molecule has 0 fully saturated rings. The van der Waals surface area contributed by atoms with Crippen LogP contribution >= 0.6 is 22.9 Å². The van der Waals surface area contributed by atoms with Gasteiger partial charge in [0.1, 0.15) is 12.1 Å². The van der Waals surface area contributed by atoms with E-state index in [0.717, 1.165) is 11.3 Å². The normalized spacial score (nSPS) is 9.42. The molecule has 0 aliphatic heterocycles. The predicted molar refractivity (Wildman–Crippen MR) is 68.7 cm³/mol. The zero-order valence-corrected chi connectivity index (χ0v) is 10.8. The van der Waals surface area contributed by atoms with E-state index in [2.05, 4.69) is 15.5 Å². The second-order valence-electron chi connectivity index (χ2n) is 3.30. The lowest BCUT2D eigenvalue weighted by Crippen LogP contribution is -2.11. The van der Waals surface area contributed by atoms with E-state index in [1.54, 1.807) is 0 Å². The zero-order chi connectivity index (χ0) is 13.8. The number of nitrogens with zero attached hydrogens (tertiary/aromatic N) is 4. The summed E-state index contributed by atoms with van der Waals surface area (Å²) in [6.45, 7) is 0. The van der Waals surface area contributed by atoms with Gasteiger partial charge in [0, 0.05) is 5.69 Å². The van der Waals surface area contributed by atoms with Gasteiger partial charge in [-0.1, -0.05) is 11.3 Å². The van der Waals surface area contributed by atoms with Crippen molar-refractivity contribution in [1.29, 1.82) is 10.5 Å². The van der Waals surface area contributed by atoms with Crippen molar-refractivity contribution in [3.05, 3.63) is 38.8 Å². The van der Waals surface area contributed by atoms with Crippen molar-refractivity contribution in [3.63, 3.8) is 0 Å². The first-order valence-electron chi connectivity index (χ1n) is 4.88. The third-order valence-electron chi connectivity index (χ3n) is 2.11. The van der Waals surface area contributed by atoms with Crippen molar-refractivity contribution < 1.29 is 4.79 Å². The summed E-state index contributed by atoms with van der Waals surface area (Å²) in [7, 11) is 0. The number of nitrogens with one attached hydrogen (secondary N) is 1. The average molecular weight is 290 g/mol. The molecule has 6 nitrogen and oxygen atoms in total. The highest BCUT2D eigenvalue weighted by Gasteiger charge is 2.13. The molecule has 0 aliphatic carbocycles. The topological polar surface area (TPSA) is 102 Å². The number of carbonyl (C=O) groups is 1. The lowest BCUT2D eigenvalue weighted by atomic mass is 10.1. The number of benzene rings is 1. The third-order valence-corrected chi connectivity index (χ3v) is 3.13. The molecule has 0 spiro atoms. The summed E-state index contributed by atoms with van der Waals surface area (Å²) in [4.78, 5) is 11.8. The maximum Gasteiger partial charge on any atom is 0.286 e. The molecule has 1 N–H and O–H groups in total. The molecule has 2 aromatic rings. The van der Waals surface area contributed by atoms with Crippen molar-refractivity contribution in [1.82, 2.24) is 10.2 Å². The van der Waals surface area contributed by atoms with Gasteiger partial charge in [0.25, 0.3) is 5.91 Å². The largest absolute Gasteiger partial charge is 0.320 e. The van der Waals surface area contributed by atoms with Crippen LogP contribution in [0, 0.1) is 22.7 Å². The maximum atomic E-state index is 11.8. The SMILES string of the molecule is N#Cc1ccc(NC(=O)c2nnc(Cl)s2)cc1C#N. The quantitative estimate of drug-likeness (QED) is 0.913. The number of halogens is 1. The summed E-state index contributed by atoms with van der Waals surface area (Å²) >= 11 is 6.53. The minimum Gasteiger partial charge on any atom is -0.320 e. The standard InChI is InChI=1S/C11H4ClN5OS/c12-11-17-16-10(19-11)9(18)15-8-2-1-6(4-13)7(3-8)5-14/h1-3H,(H,15,18). The molecular formula is C11H4ClN5OS. The van der Waals surface area contributed by atoms with Gasteiger partial charge in [-0.3, -0.25) is 4.79 Å². The van der Waals surface area contributed by atoms with Gasteiger partial charge in [-0.05, 0) is 29.8 Å². The van der Waals surface area contributed by atoms with E-state index in [-0.39, 0.29) is 20.6 Å². The Balaban J connectivity index is 2.23. The van der Waals surface area contributed by atoms with E-state index in [9.17, 15) is 4.79 Å². The Morgan fingerprint density at radius 2 is 2.00 bits per heavy atom. The van der Waals surface area contributed by atoms with Gasteiger partial charge in [-0.2, -0.15) is 10.5 Å². The second kappa shape index (κ2) is 5.44. The number of rotatable bonds is 2. The molecule has 1 aromatic heterocycles. The highest BCUT2D eigenvalue weighted by molar-refractivity contribution is 7.17. The molecule has 0 unspecified atom stereocenters. The fraction of sp³-hybridized carbons (Fsp3) is 0. The van der Waals surface area contributed by atoms with Crippen molar-refractivity contribution >= 4 is 34.5 Å². The molecular weight excluding hydrogens is 286 g/mol. The number of hydrogen-bond acceptors (Lipinski definition) is 6. The van der Waals surface area contributed by atoms with Gasteiger partial charge >= 0.3 is 0 Å². The number of nitriles is 2. The van der Waals surface area contributed by atoms with Gasteiger partial charge in [0.2, 0.25) is 9.47 Å². The molecule has 0 saturated carbocycles. The van der Waals surface area contributed by atoms with Crippen molar-refractivity contribution in [3.8, 4) is 12.1 Å². The predicted octanol–water partition coefficient (Wildman–Crippen LogP) is 2.19. The van der Waals surface area contributed by atoms with Gasteiger partial charge in [0.05, 0.1) is 11.1 Å². The fourth-order valence-electron chi connectivity index (χ4n) is 1.29. The number of hydrogen-bond donors (Lipinski definition) is 1. The third kappa shape index (κ3) is 2.86. The van der Waals surface area contributed by atoms with Crippen LogP contribution in [0.15, 0.2) is 18.2 Å². The van der Waals surface area contributed by atoms with Crippen molar-refractivity contribution in [2.24, 2.45) is 0 Å². The van der Waals surface area contributed by atoms with E-state index < -0.39 is 5.91 Å². The Morgan fingerprint density at radius 1 is 1.26 bits per heavy atom. The van der Waals surface area contributed by atoms with Gasteiger partial charge < -0.3 is 5.32 Å². The molecule has 0 atom stereocenters. The second-order valence-corrected chi connectivity index (χ2v) is 4.86. The Bertz CT molecular complexity index is 727. The van der Waals surface area contributed by atoms with Gasteiger partial charge in [-0.25, -0.2) is 0 Å².